The first-order valence-electron chi connectivity index (χ1n) is 8.10. The van der Waals surface area contributed by atoms with Gasteiger partial charge in [-0.05, 0) is 43.3 Å². The summed E-state index contributed by atoms with van der Waals surface area (Å²) in [6.45, 7) is 1.74. The molecule has 0 spiro atoms. The van der Waals surface area contributed by atoms with E-state index in [1.54, 1.807) is 13.0 Å². The summed E-state index contributed by atoms with van der Waals surface area (Å²) in [5.74, 6) is -0.308. The zero-order chi connectivity index (χ0) is 19.2. The highest BCUT2D eigenvalue weighted by Gasteiger charge is 2.29. The monoisotopic (exact) mass is 381 g/mol. The van der Waals surface area contributed by atoms with Crippen molar-refractivity contribution >= 4 is 44.4 Å². The minimum Gasteiger partial charge on any atom is -0.361 e. The van der Waals surface area contributed by atoms with E-state index in [-0.39, 0.29) is 10.8 Å². The quantitative estimate of drug-likeness (QED) is 0.537. The van der Waals surface area contributed by atoms with E-state index in [9.17, 15) is 13.2 Å². The number of aromatic nitrogens is 1. The molecule has 0 bridgehead atoms. The van der Waals surface area contributed by atoms with Crippen LogP contribution in [-0.4, -0.2) is 29.6 Å². The Balaban J connectivity index is 1.69. The fraction of sp³-hybridized carbons (Fsp3) is 0.0526. The van der Waals surface area contributed by atoms with Gasteiger partial charge in [-0.2, -0.15) is 18.5 Å². The van der Waals surface area contributed by atoms with Crippen LogP contribution in [0.5, 0.6) is 0 Å². The molecule has 0 unspecified atom stereocenters. The van der Waals surface area contributed by atoms with Crippen LogP contribution in [0.15, 0.2) is 70.3 Å². The molecule has 0 saturated carbocycles. The van der Waals surface area contributed by atoms with E-state index >= 15 is 0 Å². The third-order valence-corrected chi connectivity index (χ3v) is 5.23. The molecule has 4 rings (SSSR count). The molecule has 7 nitrogen and oxygen atoms in total. The van der Waals surface area contributed by atoms with Crippen LogP contribution >= 0.6 is 0 Å². The maximum Gasteiger partial charge on any atom is 0.294 e. The van der Waals surface area contributed by atoms with Gasteiger partial charge in [-0.25, -0.2) is 0 Å². The summed E-state index contributed by atoms with van der Waals surface area (Å²) in [5.41, 5.74) is 3.28. The van der Waals surface area contributed by atoms with Crippen LogP contribution in [0.1, 0.15) is 12.5 Å². The van der Waals surface area contributed by atoms with Crippen molar-refractivity contribution in [1.29, 1.82) is 0 Å². The van der Waals surface area contributed by atoms with Gasteiger partial charge >= 0.3 is 0 Å². The van der Waals surface area contributed by atoms with E-state index in [1.807, 2.05) is 30.5 Å². The molecule has 1 aromatic heterocycles. The van der Waals surface area contributed by atoms with Gasteiger partial charge in [-0.1, -0.05) is 18.2 Å². The van der Waals surface area contributed by atoms with Crippen molar-refractivity contribution in [3.63, 3.8) is 0 Å². The summed E-state index contributed by atoms with van der Waals surface area (Å²) in [6, 6.07) is 13.1. The van der Waals surface area contributed by atoms with Crippen molar-refractivity contribution in [3.05, 3.63) is 65.9 Å². The summed E-state index contributed by atoms with van der Waals surface area (Å²) in [4.78, 5) is 15.7. The van der Waals surface area contributed by atoms with Crippen LogP contribution in [0.25, 0.3) is 17.0 Å². The largest absolute Gasteiger partial charge is 0.361 e. The van der Waals surface area contributed by atoms with Gasteiger partial charge in [0.15, 0.2) is 0 Å². The lowest BCUT2D eigenvalue weighted by molar-refractivity contribution is -0.114. The number of nitrogens with one attached hydrogen (secondary N) is 1. The number of fused-ring (bicyclic) bond motifs is 1. The molecule has 1 aliphatic rings. The third kappa shape index (κ3) is 3.05. The number of carbonyl (C=O) groups excluding carboxylic acids is 1. The summed E-state index contributed by atoms with van der Waals surface area (Å²) >= 11 is 0. The molecular formula is C19H15N3O4S. The fourth-order valence-electron chi connectivity index (χ4n) is 2.99. The lowest BCUT2D eigenvalue weighted by atomic mass is 10.1. The van der Waals surface area contributed by atoms with E-state index in [1.165, 1.54) is 29.3 Å². The van der Waals surface area contributed by atoms with Gasteiger partial charge in [0.25, 0.3) is 16.0 Å². The highest BCUT2D eigenvalue weighted by atomic mass is 32.2. The Hall–Kier alpha value is -3.23. The van der Waals surface area contributed by atoms with Crippen LogP contribution in [0.4, 0.5) is 5.69 Å². The van der Waals surface area contributed by atoms with Crippen LogP contribution in [-0.2, 0) is 14.9 Å². The van der Waals surface area contributed by atoms with Crippen molar-refractivity contribution < 1.29 is 17.8 Å². The van der Waals surface area contributed by atoms with Crippen molar-refractivity contribution in [1.82, 2.24) is 4.98 Å². The van der Waals surface area contributed by atoms with Gasteiger partial charge in [0.2, 0.25) is 0 Å². The van der Waals surface area contributed by atoms with Gasteiger partial charge in [0, 0.05) is 22.7 Å². The first-order chi connectivity index (χ1) is 12.8. The average molecular weight is 381 g/mol. The number of anilines is 1. The Morgan fingerprint density at radius 1 is 1.11 bits per heavy atom. The standard InChI is InChI=1S/C19H15N3O4S/c1-12-17(10-13-11-20-18-5-3-2-4-16(13)18)19(23)22(21-12)14-6-8-15(9-7-14)27(24,25)26/h2-11,20H,1H3,(H,24,25,26)/b17-10+. The molecule has 3 aromatic rings. The lowest BCUT2D eigenvalue weighted by Crippen LogP contribution is -2.21. The fourth-order valence-corrected chi connectivity index (χ4v) is 3.47. The molecule has 2 aromatic carbocycles. The van der Waals surface area contributed by atoms with Crippen molar-refractivity contribution in [2.75, 3.05) is 5.01 Å². The van der Waals surface area contributed by atoms with E-state index in [2.05, 4.69) is 10.1 Å². The van der Waals surface area contributed by atoms with Gasteiger partial charge in [-0.15, -0.1) is 0 Å². The van der Waals surface area contributed by atoms with E-state index in [0.717, 1.165) is 16.5 Å². The number of hydrogen-bond acceptors (Lipinski definition) is 4. The molecular weight excluding hydrogens is 366 g/mol. The zero-order valence-corrected chi connectivity index (χ0v) is 15.1. The van der Waals surface area contributed by atoms with Crippen molar-refractivity contribution in [2.45, 2.75) is 11.8 Å². The predicted molar refractivity (Wildman–Crippen MR) is 103 cm³/mol. The van der Waals surface area contributed by atoms with E-state index in [0.29, 0.717) is 17.0 Å². The molecule has 8 heteroatoms. The molecule has 2 N–H and O–H groups in total. The van der Waals surface area contributed by atoms with Crippen LogP contribution in [0.3, 0.4) is 0 Å². The number of hydrogen-bond donors (Lipinski definition) is 2. The molecule has 0 atom stereocenters. The van der Waals surface area contributed by atoms with E-state index < -0.39 is 10.1 Å². The lowest BCUT2D eigenvalue weighted by Gasteiger charge is -2.11. The Morgan fingerprint density at radius 3 is 2.52 bits per heavy atom. The normalized spacial score (nSPS) is 16.4. The molecule has 1 amide bonds. The highest BCUT2D eigenvalue weighted by Crippen LogP contribution is 2.27. The van der Waals surface area contributed by atoms with Crippen molar-refractivity contribution in [3.8, 4) is 0 Å². The number of hydrazone groups is 1. The third-order valence-electron chi connectivity index (χ3n) is 4.36. The van der Waals surface area contributed by atoms with Gasteiger partial charge in [0.1, 0.15) is 0 Å². The molecule has 0 saturated heterocycles. The predicted octanol–water partition coefficient (Wildman–Crippen LogP) is 3.22. The molecule has 1 aliphatic heterocycles. The number of H-pyrrole nitrogens is 1. The molecule has 2 heterocycles. The number of nitrogens with zero attached hydrogens (tertiary/aromatic N) is 2. The average Bonchev–Trinajstić information content (AvgIpc) is 3.17. The van der Waals surface area contributed by atoms with Gasteiger partial charge in [0.05, 0.1) is 21.9 Å². The van der Waals surface area contributed by atoms with E-state index in [4.69, 9.17) is 4.55 Å². The summed E-state index contributed by atoms with van der Waals surface area (Å²) in [6.07, 6.45) is 3.62. The minimum absolute atomic E-state index is 0.242. The first-order valence-corrected chi connectivity index (χ1v) is 9.54. The summed E-state index contributed by atoms with van der Waals surface area (Å²) in [7, 11) is -4.29. The smallest absolute Gasteiger partial charge is 0.294 e. The Labute approximate surface area is 155 Å². The molecule has 136 valence electrons. The maximum atomic E-state index is 12.8. The van der Waals surface area contributed by atoms with Crippen LogP contribution in [0.2, 0.25) is 0 Å². The Bertz CT molecular complexity index is 1220. The van der Waals surface area contributed by atoms with Crippen molar-refractivity contribution in [2.24, 2.45) is 5.10 Å². The minimum atomic E-state index is -4.29. The van der Waals surface area contributed by atoms with Crippen LogP contribution < -0.4 is 5.01 Å². The second-order valence-corrected chi connectivity index (χ2v) is 7.54. The number of carbonyl (C=O) groups is 1. The number of aromatic amines is 1. The topological polar surface area (TPSA) is 103 Å². The Morgan fingerprint density at radius 2 is 1.81 bits per heavy atom. The molecule has 0 radical (unpaired) electrons. The summed E-state index contributed by atoms with van der Waals surface area (Å²) in [5, 5.41) is 6.50. The zero-order valence-electron chi connectivity index (χ0n) is 14.2. The maximum absolute atomic E-state index is 12.8. The molecule has 0 fully saturated rings. The Kier molecular flexibility index (Phi) is 3.94. The number of benzene rings is 2. The number of rotatable bonds is 3. The SMILES string of the molecule is CC1=NN(c2ccc(S(=O)(=O)O)cc2)C(=O)/C1=C/c1c[nH]c2ccccc12. The van der Waals surface area contributed by atoms with Crippen LogP contribution in [0, 0.1) is 0 Å². The second-order valence-electron chi connectivity index (χ2n) is 6.12. The molecule has 27 heavy (non-hydrogen) atoms. The van der Waals surface area contributed by atoms with Gasteiger partial charge in [-0.3, -0.25) is 9.35 Å². The summed E-state index contributed by atoms with van der Waals surface area (Å²) < 4.78 is 31.4. The van der Waals surface area contributed by atoms with Gasteiger partial charge < -0.3 is 4.98 Å². The molecule has 0 aliphatic carbocycles. The second kappa shape index (κ2) is 6.19. The number of amides is 1. The first kappa shape index (κ1) is 17.2. The number of para-hydroxylation sites is 1. The highest BCUT2D eigenvalue weighted by molar-refractivity contribution is 7.85.